The van der Waals surface area contributed by atoms with Gasteiger partial charge in [0.05, 0.1) is 6.26 Å². The quantitative estimate of drug-likeness (QED) is 0.551. The average molecular weight is 200 g/mol. The first kappa shape index (κ1) is 10.9. The lowest BCUT2D eigenvalue weighted by atomic mass is 10.2. The molecule has 0 saturated heterocycles. The van der Waals surface area contributed by atoms with Crippen molar-refractivity contribution < 1.29 is 23.8 Å². The van der Waals surface area contributed by atoms with Gasteiger partial charge in [0.2, 0.25) is 5.78 Å². The zero-order valence-corrected chi connectivity index (χ0v) is 7.97. The van der Waals surface area contributed by atoms with Gasteiger partial charge in [-0.05, 0) is 12.1 Å². The number of Topliss-reactive ketones (excluding diaryl/α,β-unsaturated/α-hetero) is 1. The van der Waals surface area contributed by atoms with Crippen LogP contribution in [0.2, 0.25) is 0 Å². The molecule has 1 N–H and O–H groups in total. The Bertz CT molecular complexity index is 275. The molecule has 0 unspecified atom stereocenters. The number of furan rings is 1. The minimum Gasteiger partial charge on any atom is -0.461 e. The Labute approximate surface area is 81.2 Å². The molecule has 1 aromatic heterocycles. The summed E-state index contributed by atoms with van der Waals surface area (Å²) >= 11 is 0. The van der Waals surface area contributed by atoms with Crippen LogP contribution in [-0.4, -0.2) is 37.5 Å². The van der Waals surface area contributed by atoms with Crippen LogP contribution in [-0.2, 0) is 9.47 Å². The van der Waals surface area contributed by atoms with Crippen LogP contribution in [0.25, 0.3) is 0 Å². The van der Waals surface area contributed by atoms with Crippen LogP contribution in [0, 0.1) is 0 Å². The molecule has 0 radical (unpaired) electrons. The van der Waals surface area contributed by atoms with Crippen molar-refractivity contribution in [3.8, 4) is 0 Å². The van der Waals surface area contributed by atoms with Crippen molar-refractivity contribution >= 4 is 5.78 Å². The molecule has 0 spiro atoms. The van der Waals surface area contributed by atoms with E-state index in [0.29, 0.717) is 0 Å². The van der Waals surface area contributed by atoms with E-state index in [-0.39, 0.29) is 5.76 Å². The van der Waals surface area contributed by atoms with Gasteiger partial charge in [0, 0.05) is 14.2 Å². The highest BCUT2D eigenvalue weighted by atomic mass is 16.7. The standard InChI is InChI=1S/C9H12O5/c1-12-9(13-2)8(11)7(10)6-4-3-5-14-6/h3-5,8-9,11H,1-2H3/t8-/m0/s1. The molecule has 0 fully saturated rings. The van der Waals surface area contributed by atoms with E-state index in [2.05, 4.69) is 0 Å². The Morgan fingerprint density at radius 2 is 2.14 bits per heavy atom. The Kier molecular flexibility index (Phi) is 3.82. The van der Waals surface area contributed by atoms with E-state index in [1.807, 2.05) is 0 Å². The number of carbonyl (C=O) groups is 1. The fourth-order valence-electron chi connectivity index (χ4n) is 1.04. The first-order valence-corrected chi connectivity index (χ1v) is 4.02. The number of carbonyl (C=O) groups excluding carboxylic acids is 1. The summed E-state index contributed by atoms with van der Waals surface area (Å²) in [5.41, 5.74) is 0. The fourth-order valence-corrected chi connectivity index (χ4v) is 1.04. The average Bonchev–Trinajstić information content (AvgIpc) is 2.71. The maximum atomic E-state index is 11.5. The third kappa shape index (κ3) is 2.20. The molecule has 1 rings (SSSR count). The lowest BCUT2D eigenvalue weighted by molar-refractivity contribution is -0.150. The number of ketones is 1. The van der Waals surface area contributed by atoms with Crippen LogP contribution in [0.5, 0.6) is 0 Å². The Hall–Kier alpha value is -1.17. The van der Waals surface area contributed by atoms with Crippen LogP contribution in [0.3, 0.4) is 0 Å². The second kappa shape index (κ2) is 4.90. The van der Waals surface area contributed by atoms with Gasteiger partial charge < -0.3 is 19.0 Å². The Balaban J connectivity index is 2.69. The number of hydrogen-bond acceptors (Lipinski definition) is 5. The number of aliphatic hydroxyl groups excluding tert-OH is 1. The topological polar surface area (TPSA) is 68.9 Å². The van der Waals surface area contributed by atoms with Gasteiger partial charge in [-0.25, -0.2) is 0 Å². The van der Waals surface area contributed by atoms with E-state index >= 15 is 0 Å². The minimum absolute atomic E-state index is 0.0802. The monoisotopic (exact) mass is 200 g/mol. The molecule has 0 aliphatic rings. The van der Waals surface area contributed by atoms with E-state index in [9.17, 15) is 9.90 Å². The number of methoxy groups -OCH3 is 2. The summed E-state index contributed by atoms with van der Waals surface area (Å²) in [7, 11) is 2.68. The number of aliphatic hydroxyl groups is 1. The maximum absolute atomic E-state index is 11.5. The van der Waals surface area contributed by atoms with Crippen molar-refractivity contribution in [1.29, 1.82) is 0 Å². The smallest absolute Gasteiger partial charge is 0.231 e. The lowest BCUT2D eigenvalue weighted by Gasteiger charge is -2.17. The second-order valence-corrected chi connectivity index (χ2v) is 2.63. The number of rotatable bonds is 5. The van der Waals surface area contributed by atoms with Crippen molar-refractivity contribution in [2.45, 2.75) is 12.4 Å². The molecule has 5 nitrogen and oxygen atoms in total. The van der Waals surface area contributed by atoms with Gasteiger partial charge in [-0.1, -0.05) is 0 Å². The third-order valence-electron chi connectivity index (χ3n) is 1.76. The summed E-state index contributed by atoms with van der Waals surface area (Å²) in [6.45, 7) is 0. The van der Waals surface area contributed by atoms with Gasteiger partial charge in [0.1, 0.15) is 0 Å². The van der Waals surface area contributed by atoms with Gasteiger partial charge in [-0.2, -0.15) is 0 Å². The molecule has 1 heterocycles. The molecule has 0 amide bonds. The van der Waals surface area contributed by atoms with Crippen molar-refractivity contribution in [2.75, 3.05) is 14.2 Å². The highest BCUT2D eigenvalue weighted by Crippen LogP contribution is 2.09. The van der Waals surface area contributed by atoms with Gasteiger partial charge in [0.25, 0.3) is 0 Å². The Morgan fingerprint density at radius 1 is 1.50 bits per heavy atom. The van der Waals surface area contributed by atoms with Crippen molar-refractivity contribution in [2.24, 2.45) is 0 Å². The molecule has 0 aliphatic carbocycles. The molecule has 5 heteroatoms. The van der Waals surface area contributed by atoms with Crippen LogP contribution in [0.1, 0.15) is 10.6 Å². The summed E-state index contributed by atoms with van der Waals surface area (Å²) in [6.07, 6.45) is -1.00. The second-order valence-electron chi connectivity index (χ2n) is 2.63. The summed E-state index contributed by atoms with van der Waals surface area (Å²) < 4.78 is 14.3. The highest BCUT2D eigenvalue weighted by molar-refractivity contribution is 5.97. The summed E-state index contributed by atoms with van der Waals surface area (Å²) in [4.78, 5) is 11.5. The predicted molar refractivity (Wildman–Crippen MR) is 46.9 cm³/mol. The first-order valence-electron chi connectivity index (χ1n) is 4.02. The highest BCUT2D eigenvalue weighted by Gasteiger charge is 2.28. The normalized spacial score (nSPS) is 13.1. The van der Waals surface area contributed by atoms with Gasteiger partial charge in [-0.15, -0.1) is 0 Å². The maximum Gasteiger partial charge on any atom is 0.231 e. The van der Waals surface area contributed by atoms with E-state index < -0.39 is 18.2 Å². The zero-order chi connectivity index (χ0) is 10.6. The van der Waals surface area contributed by atoms with Crippen molar-refractivity contribution in [1.82, 2.24) is 0 Å². The minimum atomic E-state index is -1.38. The molecule has 0 saturated carbocycles. The molecule has 1 atom stereocenters. The van der Waals surface area contributed by atoms with E-state index in [0.717, 1.165) is 0 Å². The largest absolute Gasteiger partial charge is 0.461 e. The molecule has 0 bridgehead atoms. The zero-order valence-electron chi connectivity index (χ0n) is 7.97. The SMILES string of the molecule is COC(OC)[C@@H](O)C(=O)c1ccco1. The molecule has 0 aromatic carbocycles. The lowest BCUT2D eigenvalue weighted by Crippen LogP contribution is -2.36. The number of ether oxygens (including phenoxy) is 2. The summed E-state index contributed by atoms with van der Waals surface area (Å²) in [6, 6.07) is 3.03. The van der Waals surface area contributed by atoms with Crippen LogP contribution < -0.4 is 0 Å². The Morgan fingerprint density at radius 3 is 2.57 bits per heavy atom. The molecule has 0 aliphatic heterocycles. The van der Waals surface area contributed by atoms with Gasteiger partial charge >= 0.3 is 0 Å². The molecule has 14 heavy (non-hydrogen) atoms. The predicted octanol–water partition coefficient (Wildman–Crippen LogP) is 0.442. The van der Waals surface area contributed by atoms with Crippen LogP contribution >= 0.6 is 0 Å². The van der Waals surface area contributed by atoms with E-state index in [4.69, 9.17) is 13.9 Å². The number of hydrogen-bond donors (Lipinski definition) is 1. The van der Waals surface area contributed by atoms with Crippen LogP contribution in [0.4, 0.5) is 0 Å². The van der Waals surface area contributed by atoms with Gasteiger partial charge in [0.15, 0.2) is 18.2 Å². The van der Waals surface area contributed by atoms with E-state index in [1.54, 1.807) is 6.07 Å². The van der Waals surface area contributed by atoms with Crippen molar-refractivity contribution in [3.05, 3.63) is 24.2 Å². The van der Waals surface area contributed by atoms with Crippen molar-refractivity contribution in [3.63, 3.8) is 0 Å². The first-order chi connectivity index (χ1) is 6.70. The molecular weight excluding hydrogens is 188 g/mol. The van der Waals surface area contributed by atoms with Crippen LogP contribution in [0.15, 0.2) is 22.8 Å². The molecule has 78 valence electrons. The van der Waals surface area contributed by atoms with E-state index in [1.165, 1.54) is 26.5 Å². The summed E-state index contributed by atoms with van der Waals surface area (Å²) in [5.74, 6) is -0.486. The summed E-state index contributed by atoms with van der Waals surface area (Å²) in [5, 5.41) is 9.49. The fraction of sp³-hybridized carbons (Fsp3) is 0.444. The third-order valence-corrected chi connectivity index (χ3v) is 1.76. The molecule has 1 aromatic rings. The molecular formula is C9H12O5. The van der Waals surface area contributed by atoms with Gasteiger partial charge in [-0.3, -0.25) is 4.79 Å².